The maximum absolute atomic E-state index is 10.0. The van der Waals surface area contributed by atoms with E-state index in [4.69, 9.17) is 0 Å². The van der Waals surface area contributed by atoms with Crippen LogP contribution in [0.4, 0.5) is 0 Å². The minimum absolute atomic E-state index is 0.601. The molecular weight excluding hydrogens is 138 g/mol. The van der Waals surface area contributed by atoms with Gasteiger partial charge >= 0.3 is 0 Å². The molecule has 0 bridgehead atoms. The molecule has 0 atom stereocenters. The van der Waals surface area contributed by atoms with Crippen LogP contribution in [0.5, 0.6) is 0 Å². The summed E-state index contributed by atoms with van der Waals surface area (Å²) in [6, 6.07) is 3.94. The van der Waals surface area contributed by atoms with Crippen LogP contribution in [0.25, 0.3) is 0 Å². The number of rotatable bonds is 3. The summed E-state index contributed by atoms with van der Waals surface area (Å²) in [4.78, 5) is 14.1. The van der Waals surface area contributed by atoms with Crippen LogP contribution < -0.4 is 0 Å². The van der Waals surface area contributed by atoms with Crippen molar-refractivity contribution in [2.24, 2.45) is 0 Å². The second-order valence-corrected chi connectivity index (χ2v) is 2.51. The normalized spacial score (nSPS) is 9.55. The Balaban J connectivity index is 2.63. The van der Waals surface area contributed by atoms with Crippen LogP contribution in [0.3, 0.4) is 0 Å². The van der Waals surface area contributed by atoms with E-state index in [1.165, 1.54) is 5.56 Å². The molecule has 1 rings (SSSR count). The van der Waals surface area contributed by atoms with E-state index >= 15 is 0 Å². The van der Waals surface area contributed by atoms with Gasteiger partial charge in [0.15, 0.2) is 0 Å². The zero-order valence-electron chi connectivity index (χ0n) is 6.58. The Bertz CT molecular complexity index is 245. The maximum Gasteiger partial charge on any atom is 0.120 e. The largest absolute Gasteiger partial charge is 0.303 e. The zero-order chi connectivity index (χ0) is 8.10. The van der Waals surface area contributed by atoms with Gasteiger partial charge in [-0.2, -0.15) is 0 Å². The number of nitrogens with zero attached hydrogens (tertiary/aromatic N) is 1. The van der Waals surface area contributed by atoms with Crippen molar-refractivity contribution >= 4 is 6.29 Å². The molecule has 1 aromatic rings. The molecule has 0 spiro atoms. The highest BCUT2D eigenvalue weighted by Crippen LogP contribution is 2.02. The first-order valence-corrected chi connectivity index (χ1v) is 3.68. The Morgan fingerprint density at radius 1 is 1.64 bits per heavy atom. The number of pyridine rings is 1. The molecule has 2 heteroatoms. The molecule has 1 aromatic heterocycles. The third-order valence-electron chi connectivity index (χ3n) is 1.51. The van der Waals surface area contributed by atoms with Crippen LogP contribution in [0.2, 0.25) is 0 Å². The highest BCUT2D eigenvalue weighted by Gasteiger charge is 1.91. The fourth-order valence-corrected chi connectivity index (χ4v) is 0.985. The van der Waals surface area contributed by atoms with Crippen molar-refractivity contribution in [3.8, 4) is 0 Å². The Hall–Kier alpha value is -1.18. The first-order chi connectivity index (χ1) is 5.33. The summed E-state index contributed by atoms with van der Waals surface area (Å²) in [7, 11) is 0. The lowest BCUT2D eigenvalue weighted by Crippen LogP contribution is -1.88. The number of aromatic nitrogens is 1. The van der Waals surface area contributed by atoms with Crippen molar-refractivity contribution in [1.29, 1.82) is 0 Å². The van der Waals surface area contributed by atoms with E-state index in [1.54, 1.807) is 6.20 Å². The van der Waals surface area contributed by atoms with Gasteiger partial charge in [0.05, 0.1) is 0 Å². The first kappa shape index (κ1) is 7.92. The molecule has 2 nitrogen and oxygen atoms in total. The molecule has 0 saturated carbocycles. The number of carbonyl (C=O) groups excluding carboxylic acids is 1. The van der Waals surface area contributed by atoms with Gasteiger partial charge in [-0.1, -0.05) is 0 Å². The van der Waals surface area contributed by atoms with Crippen molar-refractivity contribution in [3.05, 3.63) is 29.6 Å². The SMILES string of the molecule is Cc1cc(CCC=O)ccn1. The van der Waals surface area contributed by atoms with E-state index in [9.17, 15) is 4.79 Å². The maximum atomic E-state index is 10.0. The molecule has 58 valence electrons. The quantitative estimate of drug-likeness (QED) is 0.610. The highest BCUT2D eigenvalue weighted by atomic mass is 16.1. The summed E-state index contributed by atoms with van der Waals surface area (Å²) in [5.41, 5.74) is 2.19. The van der Waals surface area contributed by atoms with Gasteiger partial charge in [-0.15, -0.1) is 0 Å². The monoisotopic (exact) mass is 149 g/mol. The molecule has 0 amide bonds. The Morgan fingerprint density at radius 2 is 2.45 bits per heavy atom. The van der Waals surface area contributed by atoms with Gasteiger partial charge < -0.3 is 4.79 Å². The van der Waals surface area contributed by atoms with Crippen molar-refractivity contribution in [2.75, 3.05) is 0 Å². The molecule has 0 N–H and O–H groups in total. The van der Waals surface area contributed by atoms with Gasteiger partial charge in [-0.25, -0.2) is 0 Å². The van der Waals surface area contributed by atoms with Crippen molar-refractivity contribution in [3.63, 3.8) is 0 Å². The van der Waals surface area contributed by atoms with Gasteiger partial charge in [0.1, 0.15) is 6.29 Å². The number of carbonyl (C=O) groups is 1. The average Bonchev–Trinajstić information content (AvgIpc) is 2.01. The van der Waals surface area contributed by atoms with Crippen LogP contribution in [0.1, 0.15) is 17.7 Å². The van der Waals surface area contributed by atoms with Gasteiger partial charge in [0, 0.05) is 18.3 Å². The topological polar surface area (TPSA) is 30.0 Å². The molecule has 0 radical (unpaired) electrons. The summed E-state index contributed by atoms with van der Waals surface area (Å²) >= 11 is 0. The third kappa shape index (κ3) is 2.50. The zero-order valence-corrected chi connectivity index (χ0v) is 6.58. The Labute approximate surface area is 66.3 Å². The predicted octanol–water partition coefficient (Wildman–Crippen LogP) is 1.52. The van der Waals surface area contributed by atoms with Crippen LogP contribution in [-0.4, -0.2) is 11.3 Å². The van der Waals surface area contributed by atoms with Crippen molar-refractivity contribution < 1.29 is 4.79 Å². The first-order valence-electron chi connectivity index (χ1n) is 3.68. The van der Waals surface area contributed by atoms with E-state index < -0.39 is 0 Å². The average molecular weight is 149 g/mol. The fourth-order valence-electron chi connectivity index (χ4n) is 0.985. The van der Waals surface area contributed by atoms with E-state index in [-0.39, 0.29) is 0 Å². The summed E-state index contributed by atoms with van der Waals surface area (Å²) in [5.74, 6) is 0. The van der Waals surface area contributed by atoms with Crippen molar-refractivity contribution in [2.45, 2.75) is 19.8 Å². The molecule has 1 heterocycles. The van der Waals surface area contributed by atoms with Crippen LogP contribution in [-0.2, 0) is 11.2 Å². The third-order valence-corrected chi connectivity index (χ3v) is 1.51. The van der Waals surface area contributed by atoms with E-state index in [1.807, 2.05) is 19.1 Å². The number of hydrogen-bond acceptors (Lipinski definition) is 2. The lowest BCUT2D eigenvalue weighted by Gasteiger charge is -1.96. The minimum atomic E-state index is 0.601. The lowest BCUT2D eigenvalue weighted by atomic mass is 10.1. The lowest BCUT2D eigenvalue weighted by molar-refractivity contribution is -0.107. The Morgan fingerprint density at radius 3 is 3.09 bits per heavy atom. The number of aryl methyl sites for hydroxylation is 2. The summed E-state index contributed by atoms with van der Waals surface area (Å²) in [6.45, 7) is 1.95. The van der Waals surface area contributed by atoms with Gasteiger partial charge in [-0.3, -0.25) is 4.98 Å². The van der Waals surface area contributed by atoms with Gasteiger partial charge in [-0.05, 0) is 31.0 Å². The smallest absolute Gasteiger partial charge is 0.120 e. The summed E-state index contributed by atoms with van der Waals surface area (Å²) < 4.78 is 0. The molecule has 0 fully saturated rings. The molecular formula is C9H11NO. The summed E-state index contributed by atoms with van der Waals surface area (Å²) in [5, 5.41) is 0. The molecule has 0 aromatic carbocycles. The van der Waals surface area contributed by atoms with E-state index in [0.717, 1.165) is 18.4 Å². The molecule has 0 unspecified atom stereocenters. The highest BCUT2D eigenvalue weighted by molar-refractivity contribution is 5.50. The second kappa shape index (κ2) is 3.86. The molecule has 0 aliphatic rings. The van der Waals surface area contributed by atoms with Gasteiger partial charge in [0.25, 0.3) is 0 Å². The van der Waals surface area contributed by atoms with Crippen LogP contribution in [0.15, 0.2) is 18.3 Å². The Kier molecular flexibility index (Phi) is 2.78. The minimum Gasteiger partial charge on any atom is -0.303 e. The van der Waals surface area contributed by atoms with Crippen molar-refractivity contribution in [1.82, 2.24) is 4.98 Å². The standard InChI is InChI=1S/C9H11NO/c1-8-7-9(3-2-6-11)4-5-10-8/h4-7H,2-3H2,1H3. The number of hydrogen-bond donors (Lipinski definition) is 0. The van der Waals surface area contributed by atoms with Gasteiger partial charge in [0.2, 0.25) is 0 Å². The molecule has 0 saturated heterocycles. The molecule has 0 aliphatic heterocycles. The molecule has 11 heavy (non-hydrogen) atoms. The summed E-state index contributed by atoms with van der Waals surface area (Å²) in [6.07, 6.45) is 4.14. The molecule has 0 aliphatic carbocycles. The van der Waals surface area contributed by atoms with Crippen LogP contribution in [0, 0.1) is 6.92 Å². The van der Waals surface area contributed by atoms with E-state index in [2.05, 4.69) is 4.98 Å². The second-order valence-electron chi connectivity index (χ2n) is 2.51. The van der Waals surface area contributed by atoms with E-state index in [0.29, 0.717) is 6.42 Å². The fraction of sp³-hybridized carbons (Fsp3) is 0.333. The van der Waals surface area contributed by atoms with Crippen LogP contribution >= 0.6 is 0 Å². The predicted molar refractivity (Wildman–Crippen MR) is 43.4 cm³/mol. The number of aldehydes is 1.